The van der Waals surface area contributed by atoms with E-state index in [1.165, 1.54) is 0 Å². The zero-order valence-electron chi connectivity index (χ0n) is 11.6. The molecular weight excluding hydrogens is 284 g/mol. The number of nitrogens with zero attached hydrogens (tertiary/aromatic N) is 3. The summed E-state index contributed by atoms with van der Waals surface area (Å²) in [6.45, 7) is 1.89. The molecule has 0 amide bonds. The minimum absolute atomic E-state index is 0.322. The molecule has 2 N–H and O–H groups in total. The number of rotatable bonds is 6. The molecule has 20 heavy (non-hydrogen) atoms. The highest BCUT2D eigenvalue weighted by Gasteiger charge is 2.32. The van der Waals surface area contributed by atoms with Crippen molar-refractivity contribution in [2.24, 2.45) is 7.05 Å². The van der Waals surface area contributed by atoms with Gasteiger partial charge >= 0.3 is 0 Å². The van der Waals surface area contributed by atoms with Gasteiger partial charge in [-0.2, -0.15) is 5.10 Å². The number of aromatic nitrogens is 2. The molecule has 2 heterocycles. The van der Waals surface area contributed by atoms with Gasteiger partial charge in [0.2, 0.25) is 10.0 Å². The Hall–Kier alpha value is -1.16. The molecule has 2 atom stereocenters. The summed E-state index contributed by atoms with van der Waals surface area (Å²) in [5.41, 5.74) is 0. The number of aryl methyl sites for hydroxylation is 1. The van der Waals surface area contributed by atoms with E-state index >= 15 is 0 Å². The highest BCUT2D eigenvalue weighted by Crippen LogP contribution is 2.17. The van der Waals surface area contributed by atoms with Gasteiger partial charge in [0.25, 0.3) is 0 Å². The molecule has 0 unspecified atom stereocenters. The Kier molecular flexibility index (Phi) is 4.63. The molecule has 1 aromatic heterocycles. The number of sulfonamides is 1. The van der Waals surface area contributed by atoms with E-state index in [1.54, 1.807) is 24.1 Å². The SMILES string of the molecule is Cn1cc(O[C@@H]2CN(CCNS(C)(=O)=O)C[C@H]2O)cn1. The fraction of sp³-hybridized carbons (Fsp3) is 0.727. The van der Waals surface area contributed by atoms with Crippen molar-refractivity contribution in [2.45, 2.75) is 12.2 Å². The summed E-state index contributed by atoms with van der Waals surface area (Å²) in [7, 11) is -1.38. The first-order chi connectivity index (χ1) is 9.33. The van der Waals surface area contributed by atoms with Crippen molar-refractivity contribution in [1.82, 2.24) is 19.4 Å². The molecule has 8 nitrogen and oxygen atoms in total. The Bertz CT molecular complexity index is 544. The largest absolute Gasteiger partial charge is 0.483 e. The molecule has 0 spiro atoms. The van der Waals surface area contributed by atoms with Gasteiger partial charge in [-0.1, -0.05) is 0 Å². The lowest BCUT2D eigenvalue weighted by Gasteiger charge is -2.16. The lowest BCUT2D eigenvalue weighted by atomic mass is 10.3. The molecule has 1 fully saturated rings. The Morgan fingerprint density at radius 3 is 2.90 bits per heavy atom. The average Bonchev–Trinajstić information content (AvgIpc) is 2.85. The molecular formula is C11H20N4O4S. The first-order valence-corrected chi connectivity index (χ1v) is 8.23. The minimum Gasteiger partial charge on any atom is -0.483 e. The normalized spacial score (nSPS) is 24.1. The van der Waals surface area contributed by atoms with E-state index < -0.39 is 16.1 Å². The van der Waals surface area contributed by atoms with Gasteiger partial charge in [0.15, 0.2) is 5.75 Å². The van der Waals surface area contributed by atoms with Gasteiger partial charge in [0.1, 0.15) is 12.2 Å². The quantitative estimate of drug-likeness (QED) is 0.656. The summed E-state index contributed by atoms with van der Waals surface area (Å²) < 4.78 is 31.7. The van der Waals surface area contributed by atoms with Gasteiger partial charge < -0.3 is 9.84 Å². The standard InChI is InChI=1S/C11H20N4O4S/c1-14-6-9(5-12-14)19-11-8-15(7-10(11)16)4-3-13-20(2,17)18/h5-6,10-11,13,16H,3-4,7-8H2,1-2H3/t10-,11-/m1/s1. The number of aliphatic hydroxyl groups excluding tert-OH is 1. The van der Waals surface area contributed by atoms with Gasteiger partial charge in [0, 0.05) is 33.2 Å². The Morgan fingerprint density at radius 2 is 2.30 bits per heavy atom. The fourth-order valence-corrected chi connectivity index (χ4v) is 2.62. The maximum absolute atomic E-state index is 11.0. The zero-order chi connectivity index (χ0) is 14.8. The van der Waals surface area contributed by atoms with E-state index in [9.17, 15) is 13.5 Å². The number of aliphatic hydroxyl groups is 1. The first-order valence-electron chi connectivity index (χ1n) is 6.34. The second-order valence-electron chi connectivity index (χ2n) is 5.00. The van der Waals surface area contributed by atoms with Crippen LogP contribution in [-0.2, 0) is 17.1 Å². The lowest BCUT2D eigenvalue weighted by Crippen LogP contribution is -2.34. The van der Waals surface area contributed by atoms with Crippen LogP contribution in [0.3, 0.4) is 0 Å². The van der Waals surface area contributed by atoms with E-state index in [1.807, 2.05) is 4.90 Å². The van der Waals surface area contributed by atoms with E-state index in [-0.39, 0.29) is 6.10 Å². The molecule has 1 aliphatic rings. The number of ether oxygens (including phenoxy) is 1. The third-order valence-electron chi connectivity index (χ3n) is 3.07. The molecule has 2 rings (SSSR count). The minimum atomic E-state index is -3.17. The first kappa shape index (κ1) is 15.2. The maximum Gasteiger partial charge on any atom is 0.208 e. The average molecular weight is 304 g/mol. The molecule has 1 aromatic rings. The van der Waals surface area contributed by atoms with Crippen LogP contribution in [0.4, 0.5) is 0 Å². The number of nitrogens with one attached hydrogen (secondary N) is 1. The van der Waals surface area contributed by atoms with Crippen LogP contribution in [-0.4, -0.2) is 72.8 Å². The molecule has 0 aliphatic carbocycles. The highest BCUT2D eigenvalue weighted by atomic mass is 32.2. The summed E-state index contributed by atoms with van der Waals surface area (Å²) in [5.74, 6) is 0.618. The number of β-amino-alcohol motifs (C(OH)–C–C–N with tert-alkyl or cyclic N) is 1. The van der Waals surface area contributed by atoms with Crippen LogP contribution in [0.2, 0.25) is 0 Å². The molecule has 1 aliphatic heterocycles. The van der Waals surface area contributed by atoms with Gasteiger partial charge in [-0.3, -0.25) is 9.58 Å². The van der Waals surface area contributed by atoms with Crippen LogP contribution in [0.1, 0.15) is 0 Å². The smallest absolute Gasteiger partial charge is 0.208 e. The van der Waals surface area contributed by atoms with Crippen molar-refractivity contribution >= 4 is 10.0 Å². The predicted octanol–water partition coefficient (Wildman–Crippen LogP) is -1.61. The van der Waals surface area contributed by atoms with Crippen LogP contribution in [0, 0.1) is 0 Å². The van der Waals surface area contributed by atoms with E-state index in [0.717, 1.165) is 6.26 Å². The van der Waals surface area contributed by atoms with Crippen molar-refractivity contribution < 1.29 is 18.3 Å². The molecule has 0 aromatic carbocycles. The van der Waals surface area contributed by atoms with Crippen LogP contribution in [0.5, 0.6) is 5.75 Å². The van der Waals surface area contributed by atoms with Crippen LogP contribution >= 0.6 is 0 Å². The Labute approximate surface area is 118 Å². The maximum atomic E-state index is 11.0. The second-order valence-corrected chi connectivity index (χ2v) is 6.83. The summed E-state index contributed by atoms with van der Waals surface area (Å²) >= 11 is 0. The molecule has 9 heteroatoms. The highest BCUT2D eigenvalue weighted by molar-refractivity contribution is 7.88. The molecule has 114 valence electrons. The van der Waals surface area contributed by atoms with Gasteiger partial charge in [-0.25, -0.2) is 13.1 Å². The second kappa shape index (κ2) is 6.08. The van der Waals surface area contributed by atoms with Gasteiger partial charge in [-0.05, 0) is 0 Å². The molecule has 0 saturated carbocycles. The summed E-state index contributed by atoms with van der Waals surface area (Å²) in [6.07, 6.45) is 3.55. The Balaban J connectivity index is 1.80. The van der Waals surface area contributed by atoms with Crippen molar-refractivity contribution in [1.29, 1.82) is 0 Å². The molecule has 1 saturated heterocycles. The van der Waals surface area contributed by atoms with Gasteiger partial charge in [-0.15, -0.1) is 0 Å². The monoisotopic (exact) mass is 304 g/mol. The van der Waals surface area contributed by atoms with Crippen molar-refractivity contribution in [3.63, 3.8) is 0 Å². The Morgan fingerprint density at radius 1 is 1.55 bits per heavy atom. The summed E-state index contributed by atoms with van der Waals surface area (Å²) in [6, 6.07) is 0. The van der Waals surface area contributed by atoms with Crippen LogP contribution in [0.15, 0.2) is 12.4 Å². The number of hydrogen-bond acceptors (Lipinski definition) is 6. The zero-order valence-corrected chi connectivity index (χ0v) is 12.4. The number of likely N-dealkylation sites (tertiary alicyclic amines) is 1. The van der Waals surface area contributed by atoms with Gasteiger partial charge in [0.05, 0.1) is 18.6 Å². The van der Waals surface area contributed by atoms with E-state index in [4.69, 9.17) is 4.74 Å². The van der Waals surface area contributed by atoms with E-state index in [2.05, 4.69) is 9.82 Å². The summed E-state index contributed by atoms with van der Waals surface area (Å²) in [4.78, 5) is 1.96. The lowest BCUT2D eigenvalue weighted by molar-refractivity contribution is 0.0736. The van der Waals surface area contributed by atoms with Crippen LogP contribution in [0.25, 0.3) is 0 Å². The van der Waals surface area contributed by atoms with Crippen molar-refractivity contribution in [2.75, 3.05) is 32.4 Å². The summed E-state index contributed by atoms with van der Waals surface area (Å²) in [5, 5.41) is 14.0. The third kappa shape index (κ3) is 4.44. The van der Waals surface area contributed by atoms with Crippen LogP contribution < -0.4 is 9.46 Å². The number of hydrogen-bond donors (Lipinski definition) is 2. The van der Waals surface area contributed by atoms with Crippen molar-refractivity contribution in [3.05, 3.63) is 12.4 Å². The van der Waals surface area contributed by atoms with E-state index in [0.29, 0.717) is 31.9 Å². The fourth-order valence-electron chi connectivity index (χ4n) is 2.15. The molecule has 0 bridgehead atoms. The third-order valence-corrected chi connectivity index (χ3v) is 3.80. The predicted molar refractivity (Wildman–Crippen MR) is 72.9 cm³/mol. The molecule has 0 radical (unpaired) electrons. The topological polar surface area (TPSA) is 96.7 Å². The van der Waals surface area contributed by atoms with Crippen molar-refractivity contribution in [3.8, 4) is 5.75 Å².